The summed E-state index contributed by atoms with van der Waals surface area (Å²) in [6, 6.07) is 1.29. The summed E-state index contributed by atoms with van der Waals surface area (Å²) in [5.74, 6) is -1.14. The van der Waals surface area contributed by atoms with Crippen molar-refractivity contribution < 1.29 is 9.90 Å². The van der Waals surface area contributed by atoms with Gasteiger partial charge >= 0.3 is 5.97 Å². The number of carboxylic acids is 1. The van der Waals surface area contributed by atoms with Crippen LogP contribution in [-0.4, -0.2) is 11.1 Å². The van der Waals surface area contributed by atoms with E-state index in [2.05, 4.69) is 0 Å². The summed E-state index contributed by atoms with van der Waals surface area (Å²) in [5, 5.41) is 9.05. The monoisotopic (exact) mass is 219 g/mol. The summed E-state index contributed by atoms with van der Waals surface area (Å²) < 4.78 is 0. The molecular weight excluding hydrogens is 213 g/mol. The molecule has 3 N–H and O–H groups in total. The van der Waals surface area contributed by atoms with Gasteiger partial charge in [0.25, 0.3) is 0 Å². The first-order valence-electron chi connectivity index (χ1n) is 3.42. The minimum atomic E-state index is -1.14. The summed E-state index contributed by atoms with van der Waals surface area (Å²) in [6.07, 6.45) is 0. The normalized spacial score (nSPS) is 10.1. The number of benzene rings is 1. The summed E-state index contributed by atoms with van der Waals surface area (Å²) >= 11 is 11.4. The van der Waals surface area contributed by atoms with Crippen LogP contribution < -0.4 is 5.73 Å². The van der Waals surface area contributed by atoms with Crippen molar-refractivity contribution in [3.8, 4) is 0 Å². The zero-order chi connectivity index (χ0) is 10.2. The van der Waals surface area contributed by atoms with E-state index < -0.39 is 5.97 Å². The molecule has 0 aliphatic carbocycles. The molecule has 0 aromatic heterocycles. The minimum Gasteiger partial charge on any atom is -0.478 e. The predicted molar refractivity (Wildman–Crippen MR) is 52.6 cm³/mol. The molecule has 5 heteroatoms. The fourth-order valence-corrected chi connectivity index (χ4v) is 1.38. The molecule has 0 aliphatic heterocycles. The van der Waals surface area contributed by atoms with E-state index in [1.54, 1.807) is 6.92 Å². The Labute approximate surface area is 85.1 Å². The van der Waals surface area contributed by atoms with Crippen LogP contribution in [-0.2, 0) is 0 Å². The fourth-order valence-electron chi connectivity index (χ4n) is 0.892. The first kappa shape index (κ1) is 10.2. The molecule has 1 aromatic carbocycles. The van der Waals surface area contributed by atoms with Gasteiger partial charge in [-0.25, -0.2) is 4.79 Å². The maximum atomic E-state index is 10.6. The van der Waals surface area contributed by atoms with E-state index in [1.807, 2.05) is 0 Å². The van der Waals surface area contributed by atoms with Crippen molar-refractivity contribution in [3.05, 3.63) is 27.2 Å². The van der Waals surface area contributed by atoms with Crippen molar-refractivity contribution >= 4 is 34.9 Å². The zero-order valence-corrected chi connectivity index (χ0v) is 8.28. The predicted octanol–water partition coefficient (Wildman–Crippen LogP) is 2.58. The molecule has 1 aromatic rings. The Hall–Kier alpha value is -0.930. The molecule has 0 atom stereocenters. The Kier molecular flexibility index (Phi) is 2.68. The fraction of sp³-hybridized carbons (Fsp3) is 0.125. The second-order valence-corrected chi connectivity index (χ2v) is 3.35. The number of carbonyl (C=O) groups is 1. The highest BCUT2D eigenvalue weighted by molar-refractivity contribution is 6.38. The van der Waals surface area contributed by atoms with Crippen molar-refractivity contribution in [1.29, 1.82) is 0 Å². The topological polar surface area (TPSA) is 63.3 Å². The second-order valence-electron chi connectivity index (χ2n) is 2.56. The number of aromatic carboxylic acids is 1. The first-order valence-corrected chi connectivity index (χ1v) is 4.18. The summed E-state index contributed by atoms with van der Waals surface area (Å²) in [7, 11) is 0. The maximum Gasteiger partial charge on any atom is 0.337 e. The van der Waals surface area contributed by atoms with Crippen LogP contribution >= 0.6 is 23.2 Å². The summed E-state index contributed by atoms with van der Waals surface area (Å²) in [6.45, 7) is 1.68. The van der Waals surface area contributed by atoms with Crippen LogP contribution in [0.5, 0.6) is 0 Å². The van der Waals surface area contributed by atoms with Crippen molar-refractivity contribution in [3.63, 3.8) is 0 Å². The van der Waals surface area contributed by atoms with Crippen molar-refractivity contribution in [2.45, 2.75) is 6.92 Å². The van der Waals surface area contributed by atoms with Gasteiger partial charge in [-0.1, -0.05) is 23.2 Å². The van der Waals surface area contributed by atoms with Gasteiger partial charge in [-0.2, -0.15) is 0 Å². The Bertz CT molecular complexity index is 377. The van der Waals surface area contributed by atoms with Gasteiger partial charge in [-0.15, -0.1) is 0 Å². The molecule has 0 spiro atoms. The molecular formula is C8H7Cl2NO2. The molecule has 0 saturated carbocycles. The quantitative estimate of drug-likeness (QED) is 0.715. The molecule has 0 amide bonds. The third-order valence-corrected chi connectivity index (χ3v) is 2.54. The third kappa shape index (κ3) is 1.71. The molecule has 13 heavy (non-hydrogen) atoms. The highest BCUT2D eigenvalue weighted by Gasteiger charge is 2.15. The lowest BCUT2D eigenvalue weighted by atomic mass is 10.1. The molecule has 0 heterocycles. The SMILES string of the molecule is Cc1c(Cl)cc(C(=O)O)c(Cl)c1N. The Morgan fingerprint density at radius 3 is 2.54 bits per heavy atom. The Morgan fingerprint density at radius 2 is 2.08 bits per heavy atom. The molecule has 70 valence electrons. The smallest absolute Gasteiger partial charge is 0.337 e. The van der Waals surface area contributed by atoms with Gasteiger partial charge in [0.05, 0.1) is 16.3 Å². The molecule has 0 radical (unpaired) electrons. The average Bonchev–Trinajstić information content (AvgIpc) is 2.07. The molecule has 1 rings (SSSR count). The first-order chi connectivity index (χ1) is 5.95. The Balaban J connectivity index is 3.50. The number of hydrogen-bond donors (Lipinski definition) is 2. The average molecular weight is 220 g/mol. The number of nitrogens with two attached hydrogens (primary N) is 1. The number of rotatable bonds is 1. The van der Waals surface area contributed by atoms with Gasteiger partial charge in [0.15, 0.2) is 0 Å². The van der Waals surface area contributed by atoms with E-state index in [-0.39, 0.29) is 16.3 Å². The minimum absolute atomic E-state index is 0.0365. The van der Waals surface area contributed by atoms with Gasteiger partial charge in [0.2, 0.25) is 0 Å². The summed E-state index contributed by atoms with van der Waals surface area (Å²) in [4.78, 5) is 10.6. The highest BCUT2D eigenvalue weighted by atomic mass is 35.5. The van der Waals surface area contributed by atoms with Crippen LogP contribution in [0.15, 0.2) is 6.07 Å². The van der Waals surface area contributed by atoms with Crippen LogP contribution in [0.3, 0.4) is 0 Å². The maximum absolute atomic E-state index is 10.6. The van der Waals surface area contributed by atoms with Crippen molar-refractivity contribution in [2.75, 3.05) is 5.73 Å². The van der Waals surface area contributed by atoms with E-state index in [4.69, 9.17) is 34.0 Å². The van der Waals surface area contributed by atoms with Crippen LogP contribution in [0.25, 0.3) is 0 Å². The lowest BCUT2D eigenvalue weighted by Gasteiger charge is -2.07. The lowest BCUT2D eigenvalue weighted by molar-refractivity contribution is 0.0697. The molecule has 0 aliphatic rings. The summed E-state index contributed by atoms with van der Waals surface area (Å²) in [5.41, 5.74) is 6.28. The number of carboxylic acid groups (broad SMARTS) is 1. The van der Waals surface area contributed by atoms with Gasteiger partial charge in [0.1, 0.15) is 0 Å². The second kappa shape index (κ2) is 3.44. The molecule has 0 saturated heterocycles. The molecule has 3 nitrogen and oxygen atoms in total. The van der Waals surface area contributed by atoms with Gasteiger partial charge < -0.3 is 10.8 Å². The standard InChI is InChI=1S/C8H7Cl2NO2/c1-3-5(9)2-4(8(12)13)6(10)7(3)11/h2H,11H2,1H3,(H,12,13). The number of hydrogen-bond acceptors (Lipinski definition) is 2. The molecule has 0 unspecified atom stereocenters. The molecule has 0 bridgehead atoms. The van der Waals surface area contributed by atoms with E-state index in [0.717, 1.165) is 0 Å². The molecule has 0 fully saturated rings. The van der Waals surface area contributed by atoms with E-state index in [0.29, 0.717) is 10.6 Å². The number of nitrogen functional groups attached to an aromatic ring is 1. The largest absolute Gasteiger partial charge is 0.478 e. The van der Waals surface area contributed by atoms with Crippen LogP contribution in [0.1, 0.15) is 15.9 Å². The third-order valence-electron chi connectivity index (χ3n) is 1.74. The lowest BCUT2D eigenvalue weighted by Crippen LogP contribution is -2.02. The van der Waals surface area contributed by atoms with Gasteiger partial charge in [-0.3, -0.25) is 0 Å². The highest BCUT2D eigenvalue weighted by Crippen LogP contribution is 2.32. The van der Waals surface area contributed by atoms with Crippen LogP contribution in [0.2, 0.25) is 10.0 Å². The number of halogens is 2. The van der Waals surface area contributed by atoms with Crippen LogP contribution in [0, 0.1) is 6.92 Å². The van der Waals surface area contributed by atoms with Crippen LogP contribution in [0.4, 0.5) is 5.69 Å². The van der Waals surface area contributed by atoms with Gasteiger partial charge in [-0.05, 0) is 18.6 Å². The van der Waals surface area contributed by atoms with E-state index in [9.17, 15) is 4.79 Å². The van der Waals surface area contributed by atoms with E-state index in [1.165, 1.54) is 6.07 Å². The van der Waals surface area contributed by atoms with E-state index >= 15 is 0 Å². The Morgan fingerprint density at radius 1 is 1.54 bits per heavy atom. The number of anilines is 1. The van der Waals surface area contributed by atoms with Crippen molar-refractivity contribution in [2.24, 2.45) is 0 Å². The van der Waals surface area contributed by atoms with Crippen molar-refractivity contribution in [1.82, 2.24) is 0 Å². The van der Waals surface area contributed by atoms with Gasteiger partial charge in [0, 0.05) is 5.02 Å². The zero-order valence-electron chi connectivity index (χ0n) is 6.77.